The number of rotatable bonds is 3. The average molecular weight is 352 g/mol. The molecule has 1 aliphatic heterocycles. The summed E-state index contributed by atoms with van der Waals surface area (Å²) in [6.07, 6.45) is 1.22. The first-order valence-electron chi connectivity index (χ1n) is 9.46. The highest BCUT2D eigenvalue weighted by atomic mass is 16.6. The van der Waals surface area contributed by atoms with Crippen LogP contribution in [0.4, 0.5) is 4.79 Å². The fourth-order valence-corrected chi connectivity index (χ4v) is 3.94. The molecule has 0 spiro atoms. The number of carboxylic acids is 1. The molecule has 5 nitrogen and oxygen atoms in total. The smallest absolute Gasteiger partial charge is 0.410 e. The summed E-state index contributed by atoms with van der Waals surface area (Å²) in [5.74, 6) is -1.40. The van der Waals surface area contributed by atoms with E-state index < -0.39 is 24.7 Å². The zero-order valence-electron chi connectivity index (χ0n) is 15.3. The summed E-state index contributed by atoms with van der Waals surface area (Å²) in [6.45, 7) is -0.793. The molecule has 0 saturated carbocycles. The number of carbonyl (C=O) groups excluding carboxylic acids is 1. The van der Waals surface area contributed by atoms with Crippen LogP contribution in [0.25, 0.3) is 11.1 Å². The van der Waals surface area contributed by atoms with E-state index in [1.165, 1.54) is 4.90 Å². The fourth-order valence-electron chi connectivity index (χ4n) is 3.94. The molecule has 134 valence electrons. The molecule has 2 aromatic carbocycles. The molecule has 1 fully saturated rings. The van der Waals surface area contributed by atoms with E-state index in [1.807, 2.05) is 48.5 Å². The lowest BCUT2D eigenvalue weighted by Crippen LogP contribution is -2.48. The number of likely N-dealkylation sites (tertiary alicyclic amines) is 1. The highest BCUT2D eigenvalue weighted by Gasteiger charge is 2.34. The van der Waals surface area contributed by atoms with Crippen LogP contribution in [0.3, 0.4) is 0 Å². The molecule has 0 aromatic heterocycles. The Kier molecular flexibility index (Phi) is 4.05. The van der Waals surface area contributed by atoms with Crippen molar-refractivity contribution in [2.24, 2.45) is 0 Å². The van der Waals surface area contributed by atoms with E-state index in [0.717, 1.165) is 35.1 Å². The van der Waals surface area contributed by atoms with Crippen LogP contribution >= 0.6 is 0 Å². The quantitative estimate of drug-likeness (QED) is 0.910. The SMILES string of the molecule is [2H]C(OC(=O)N1CCCC[C@H]1C(=O)O)C1c2ccccc2-c2ccccc21. The molecule has 2 aromatic rings. The Morgan fingerprint density at radius 3 is 2.31 bits per heavy atom. The summed E-state index contributed by atoms with van der Waals surface area (Å²) < 4.78 is 14.0. The molecule has 5 heteroatoms. The topological polar surface area (TPSA) is 66.8 Å². The Labute approximate surface area is 153 Å². The zero-order valence-corrected chi connectivity index (χ0v) is 14.3. The van der Waals surface area contributed by atoms with E-state index in [4.69, 9.17) is 6.11 Å². The van der Waals surface area contributed by atoms with Crippen LogP contribution in [0.15, 0.2) is 48.5 Å². The molecule has 1 saturated heterocycles. The summed E-state index contributed by atoms with van der Waals surface area (Å²) in [6, 6.07) is 14.8. The first kappa shape index (κ1) is 15.4. The minimum atomic E-state index is -1.14. The minimum absolute atomic E-state index is 0.348. The van der Waals surface area contributed by atoms with Gasteiger partial charge in [-0.3, -0.25) is 4.90 Å². The number of hydrogen-bond acceptors (Lipinski definition) is 3. The largest absolute Gasteiger partial charge is 0.480 e. The Balaban J connectivity index is 1.59. The van der Waals surface area contributed by atoms with Crippen LogP contribution < -0.4 is 0 Å². The molecule has 1 amide bonds. The Morgan fingerprint density at radius 1 is 1.08 bits per heavy atom. The zero-order chi connectivity index (χ0) is 19.0. The second-order valence-electron chi connectivity index (χ2n) is 6.72. The van der Waals surface area contributed by atoms with Gasteiger partial charge in [-0.2, -0.15) is 0 Å². The first-order valence-corrected chi connectivity index (χ1v) is 8.88. The number of aliphatic carboxylic acids is 1. The normalized spacial score (nSPS) is 20.7. The number of fused-ring (bicyclic) bond motifs is 3. The summed E-state index contributed by atoms with van der Waals surface area (Å²) in [5, 5.41) is 9.37. The molecule has 26 heavy (non-hydrogen) atoms. The predicted octanol–water partition coefficient (Wildman–Crippen LogP) is 3.87. The molecule has 1 aliphatic carbocycles. The second-order valence-corrected chi connectivity index (χ2v) is 6.72. The fraction of sp³-hybridized carbons (Fsp3) is 0.333. The lowest BCUT2D eigenvalue weighted by Gasteiger charge is -2.32. The van der Waals surface area contributed by atoms with E-state index >= 15 is 0 Å². The molecule has 1 N–H and O–H groups in total. The van der Waals surface area contributed by atoms with Crippen LogP contribution in [0.5, 0.6) is 0 Å². The van der Waals surface area contributed by atoms with Crippen molar-refractivity contribution >= 4 is 12.1 Å². The van der Waals surface area contributed by atoms with Gasteiger partial charge in [0.25, 0.3) is 0 Å². The monoisotopic (exact) mass is 352 g/mol. The van der Waals surface area contributed by atoms with Gasteiger partial charge in [-0.1, -0.05) is 48.5 Å². The van der Waals surface area contributed by atoms with Crippen LogP contribution in [0.2, 0.25) is 0 Å². The predicted molar refractivity (Wildman–Crippen MR) is 97.0 cm³/mol. The highest BCUT2D eigenvalue weighted by Crippen LogP contribution is 2.44. The minimum Gasteiger partial charge on any atom is -0.480 e. The maximum absolute atomic E-state index is 12.6. The third-order valence-corrected chi connectivity index (χ3v) is 5.21. The van der Waals surface area contributed by atoms with Crippen molar-refractivity contribution in [3.05, 3.63) is 59.7 Å². The molecule has 1 unspecified atom stereocenters. The maximum Gasteiger partial charge on any atom is 0.410 e. The van der Waals surface area contributed by atoms with Crippen molar-refractivity contribution in [2.45, 2.75) is 31.2 Å². The van der Waals surface area contributed by atoms with Gasteiger partial charge in [0.1, 0.15) is 12.6 Å². The first-order chi connectivity index (χ1) is 13.1. The number of carboxylic acid groups (broad SMARTS) is 1. The van der Waals surface area contributed by atoms with Gasteiger partial charge in [0, 0.05) is 12.5 Å². The Bertz CT molecular complexity index is 838. The van der Waals surface area contributed by atoms with Gasteiger partial charge in [0.15, 0.2) is 0 Å². The number of hydrogen-bond donors (Lipinski definition) is 1. The average Bonchev–Trinajstić information content (AvgIpc) is 3.02. The molecule has 0 bridgehead atoms. The molecular weight excluding hydrogens is 330 g/mol. The third-order valence-electron chi connectivity index (χ3n) is 5.21. The number of benzene rings is 2. The van der Waals surface area contributed by atoms with Gasteiger partial charge in [-0.15, -0.1) is 0 Å². The molecule has 0 radical (unpaired) electrons. The summed E-state index contributed by atoms with van der Waals surface area (Å²) >= 11 is 0. The number of piperidine rings is 1. The van der Waals surface area contributed by atoms with Gasteiger partial charge in [-0.25, -0.2) is 9.59 Å². The standard InChI is InChI=1S/C21H21NO4/c23-20(24)19-11-5-6-12-22(19)21(25)26-13-18-16-9-3-1-7-14(16)15-8-2-4-10-17(15)18/h1-4,7-10,18-19H,5-6,11-13H2,(H,23,24)/t19-/m0/s1/i13D/t13?,19-. The summed E-state index contributed by atoms with van der Waals surface area (Å²) in [5.41, 5.74) is 4.01. The van der Waals surface area contributed by atoms with E-state index in [1.54, 1.807) is 0 Å². The van der Waals surface area contributed by atoms with Crippen molar-refractivity contribution in [3.8, 4) is 11.1 Å². The second kappa shape index (κ2) is 6.83. The third kappa shape index (κ3) is 2.83. The van der Waals surface area contributed by atoms with Crippen molar-refractivity contribution < 1.29 is 20.8 Å². The summed E-state index contributed by atoms with van der Waals surface area (Å²) in [7, 11) is 0. The van der Waals surface area contributed by atoms with Gasteiger partial charge in [-0.05, 0) is 41.5 Å². The van der Waals surface area contributed by atoms with Crippen molar-refractivity contribution in [1.29, 1.82) is 0 Å². The van der Waals surface area contributed by atoms with Crippen LogP contribution in [0, 0.1) is 0 Å². The van der Waals surface area contributed by atoms with Gasteiger partial charge in [0.05, 0.1) is 1.37 Å². The maximum atomic E-state index is 12.6. The van der Waals surface area contributed by atoms with Crippen molar-refractivity contribution in [3.63, 3.8) is 0 Å². The van der Waals surface area contributed by atoms with Crippen molar-refractivity contribution in [1.82, 2.24) is 4.90 Å². The summed E-state index contributed by atoms with van der Waals surface area (Å²) in [4.78, 5) is 25.3. The van der Waals surface area contributed by atoms with E-state index in [9.17, 15) is 14.7 Å². The molecule has 2 atom stereocenters. The van der Waals surface area contributed by atoms with Crippen LogP contribution in [-0.2, 0) is 9.53 Å². The van der Waals surface area contributed by atoms with Crippen molar-refractivity contribution in [2.75, 3.05) is 13.1 Å². The highest BCUT2D eigenvalue weighted by molar-refractivity contribution is 5.81. The lowest BCUT2D eigenvalue weighted by molar-refractivity contribution is -0.143. The Hall–Kier alpha value is -2.82. The number of ether oxygens (including phenoxy) is 1. The number of carbonyl (C=O) groups is 2. The van der Waals surface area contributed by atoms with E-state index in [0.29, 0.717) is 13.0 Å². The number of amides is 1. The molecule has 2 aliphatic rings. The molecule has 4 rings (SSSR count). The molecule has 1 heterocycles. The van der Waals surface area contributed by atoms with Gasteiger partial charge < -0.3 is 9.84 Å². The van der Waals surface area contributed by atoms with Crippen LogP contribution in [0.1, 0.15) is 37.7 Å². The van der Waals surface area contributed by atoms with Crippen LogP contribution in [-0.4, -0.2) is 41.2 Å². The molecular formula is C21H21NO4. The van der Waals surface area contributed by atoms with Gasteiger partial charge in [0.2, 0.25) is 0 Å². The van der Waals surface area contributed by atoms with E-state index in [-0.39, 0.29) is 5.92 Å². The Morgan fingerprint density at radius 2 is 1.69 bits per heavy atom. The lowest BCUT2D eigenvalue weighted by atomic mass is 9.98. The van der Waals surface area contributed by atoms with E-state index in [2.05, 4.69) is 0 Å². The number of nitrogens with zero attached hydrogens (tertiary/aromatic N) is 1. The van der Waals surface area contributed by atoms with Gasteiger partial charge >= 0.3 is 12.1 Å².